The van der Waals surface area contributed by atoms with E-state index in [4.69, 9.17) is 5.73 Å². The second kappa shape index (κ2) is 11.2. The summed E-state index contributed by atoms with van der Waals surface area (Å²) in [5.41, 5.74) is 15.3. The highest BCUT2D eigenvalue weighted by molar-refractivity contribution is 5.57. The number of benzene rings is 2. The highest BCUT2D eigenvalue weighted by Crippen LogP contribution is 2.59. The molecule has 38 heavy (non-hydrogen) atoms. The fourth-order valence-electron chi connectivity index (χ4n) is 8.88. The van der Waals surface area contributed by atoms with Gasteiger partial charge >= 0.3 is 0 Å². The van der Waals surface area contributed by atoms with E-state index in [1.165, 1.54) is 112 Å². The van der Waals surface area contributed by atoms with Gasteiger partial charge in [-0.2, -0.15) is 0 Å². The van der Waals surface area contributed by atoms with Gasteiger partial charge in [0, 0.05) is 12.2 Å². The van der Waals surface area contributed by atoms with Gasteiger partial charge in [-0.25, -0.2) is 0 Å². The molecule has 1 saturated heterocycles. The molecule has 0 aromatic heterocycles. The van der Waals surface area contributed by atoms with Crippen molar-refractivity contribution in [1.82, 2.24) is 4.90 Å². The van der Waals surface area contributed by atoms with Crippen molar-refractivity contribution in [2.75, 3.05) is 18.8 Å². The Morgan fingerprint density at radius 2 is 1.61 bits per heavy atom. The van der Waals surface area contributed by atoms with Crippen LogP contribution in [0, 0.1) is 18.8 Å². The number of likely N-dealkylation sites (tertiary alicyclic amines) is 1. The summed E-state index contributed by atoms with van der Waals surface area (Å²) in [7, 11) is 0. The number of phenolic OH excluding ortho intramolecular Hbond substituents is 1. The van der Waals surface area contributed by atoms with E-state index in [9.17, 15) is 5.11 Å². The second-order valence-electron chi connectivity index (χ2n) is 13.5. The molecule has 208 valence electrons. The number of hydrogen-bond donors (Lipinski definition) is 2. The Labute approximate surface area is 232 Å². The molecule has 2 unspecified atom stereocenters. The maximum Gasteiger partial charge on any atom is 0.115 e. The molecule has 2 aliphatic carbocycles. The first-order valence-corrected chi connectivity index (χ1v) is 15.7. The summed E-state index contributed by atoms with van der Waals surface area (Å²) in [6.45, 7) is 13.0. The van der Waals surface area contributed by atoms with Crippen LogP contribution in [0.15, 0.2) is 30.3 Å². The molecule has 0 radical (unpaired) electrons. The van der Waals surface area contributed by atoms with Crippen molar-refractivity contribution >= 4 is 5.69 Å². The van der Waals surface area contributed by atoms with Crippen molar-refractivity contribution in [3.05, 3.63) is 58.1 Å². The number of rotatable bonds is 6. The smallest absolute Gasteiger partial charge is 0.115 e. The van der Waals surface area contributed by atoms with Crippen LogP contribution in [0.2, 0.25) is 0 Å². The molecule has 3 aliphatic rings. The number of nitrogens with two attached hydrogens (primary N) is 1. The Bertz CT molecular complexity index is 1110. The van der Waals surface area contributed by atoms with E-state index in [0.717, 1.165) is 24.6 Å². The molecule has 2 aromatic carbocycles. The summed E-state index contributed by atoms with van der Waals surface area (Å²) in [5, 5.41) is 10.3. The van der Waals surface area contributed by atoms with Crippen LogP contribution < -0.4 is 5.73 Å². The zero-order valence-corrected chi connectivity index (χ0v) is 24.6. The molecule has 0 bridgehead atoms. The standard InChI is InChI=1S/C35H52N2O/c1-5-27-23-32(36)31(22-28(27)24-37-19-14-25(2)15-20-37)34(4)16-10-7-11-33(34)35(17-8-6-9-18-35)30-13-12-29(38)21-26(30)3/h12-13,21-23,25,33,38H,5-11,14-20,24,36H2,1-4H3. The first-order chi connectivity index (χ1) is 18.3. The van der Waals surface area contributed by atoms with Crippen LogP contribution >= 0.6 is 0 Å². The first-order valence-electron chi connectivity index (χ1n) is 15.7. The molecule has 3 N–H and O–H groups in total. The minimum atomic E-state index is 0.0570. The van der Waals surface area contributed by atoms with Crippen molar-refractivity contribution in [3.8, 4) is 5.75 Å². The van der Waals surface area contributed by atoms with Crippen LogP contribution in [0.3, 0.4) is 0 Å². The summed E-state index contributed by atoms with van der Waals surface area (Å²) in [6, 6.07) is 11.1. The average molecular weight is 517 g/mol. The highest BCUT2D eigenvalue weighted by atomic mass is 16.3. The Morgan fingerprint density at radius 1 is 0.895 bits per heavy atom. The quantitative estimate of drug-likeness (QED) is 0.379. The molecule has 1 heterocycles. The normalized spacial score (nSPS) is 26.9. The number of hydrogen-bond acceptors (Lipinski definition) is 3. The number of piperidine rings is 1. The number of aryl methyl sites for hydroxylation is 2. The van der Waals surface area contributed by atoms with Gasteiger partial charge in [0.1, 0.15) is 5.75 Å². The van der Waals surface area contributed by atoms with Gasteiger partial charge in [-0.15, -0.1) is 0 Å². The molecular formula is C35H52N2O. The fourth-order valence-corrected chi connectivity index (χ4v) is 8.88. The Kier molecular flexibility index (Phi) is 8.15. The van der Waals surface area contributed by atoms with Gasteiger partial charge in [-0.05, 0) is 134 Å². The van der Waals surface area contributed by atoms with Crippen LogP contribution in [-0.2, 0) is 23.8 Å². The van der Waals surface area contributed by atoms with Gasteiger partial charge in [-0.1, -0.05) is 65.0 Å². The zero-order valence-electron chi connectivity index (χ0n) is 24.6. The molecule has 2 saturated carbocycles. The monoisotopic (exact) mass is 516 g/mol. The van der Waals surface area contributed by atoms with Gasteiger partial charge in [0.15, 0.2) is 0 Å². The number of phenols is 1. The fraction of sp³-hybridized carbons (Fsp3) is 0.657. The third kappa shape index (κ3) is 5.12. The molecule has 3 fully saturated rings. The molecule has 2 aromatic rings. The van der Waals surface area contributed by atoms with Gasteiger partial charge in [-0.3, -0.25) is 4.90 Å². The maximum atomic E-state index is 10.3. The Morgan fingerprint density at radius 3 is 2.29 bits per heavy atom. The van der Waals surface area contributed by atoms with E-state index in [0.29, 0.717) is 11.7 Å². The molecular weight excluding hydrogens is 464 g/mol. The zero-order chi connectivity index (χ0) is 26.9. The number of aromatic hydroxyl groups is 1. The number of nitrogens with zero attached hydrogens (tertiary/aromatic N) is 1. The van der Waals surface area contributed by atoms with E-state index in [1.54, 1.807) is 0 Å². The lowest BCUT2D eigenvalue weighted by atomic mass is 9.49. The molecule has 5 rings (SSSR count). The molecule has 2 atom stereocenters. The Balaban J connectivity index is 1.58. The summed E-state index contributed by atoms with van der Waals surface area (Å²) in [6.07, 6.45) is 15.2. The topological polar surface area (TPSA) is 49.5 Å². The predicted molar refractivity (Wildman–Crippen MR) is 161 cm³/mol. The van der Waals surface area contributed by atoms with Crippen molar-refractivity contribution in [3.63, 3.8) is 0 Å². The summed E-state index contributed by atoms with van der Waals surface area (Å²) >= 11 is 0. The minimum Gasteiger partial charge on any atom is -0.508 e. The van der Waals surface area contributed by atoms with E-state index in [-0.39, 0.29) is 10.8 Å². The van der Waals surface area contributed by atoms with E-state index in [2.05, 4.69) is 50.8 Å². The maximum absolute atomic E-state index is 10.3. The molecule has 1 aliphatic heterocycles. The first kappa shape index (κ1) is 27.6. The van der Waals surface area contributed by atoms with Crippen molar-refractivity contribution in [1.29, 1.82) is 0 Å². The SMILES string of the molecule is CCc1cc(N)c(C2(C)CCCCC2C2(c3ccc(O)cc3C)CCCCC2)cc1CN1CCC(C)CC1. The minimum absolute atomic E-state index is 0.0570. The third-order valence-electron chi connectivity index (χ3n) is 11.0. The number of anilines is 1. The summed E-state index contributed by atoms with van der Waals surface area (Å²) < 4.78 is 0. The summed E-state index contributed by atoms with van der Waals surface area (Å²) in [5.74, 6) is 1.81. The lowest BCUT2D eigenvalue weighted by Crippen LogP contribution is -2.50. The van der Waals surface area contributed by atoms with E-state index in [1.807, 2.05) is 12.1 Å². The average Bonchev–Trinajstić information content (AvgIpc) is 2.91. The highest BCUT2D eigenvalue weighted by Gasteiger charge is 2.52. The van der Waals surface area contributed by atoms with Gasteiger partial charge in [0.05, 0.1) is 0 Å². The van der Waals surface area contributed by atoms with Crippen LogP contribution in [0.25, 0.3) is 0 Å². The molecule has 3 heteroatoms. The molecule has 0 amide bonds. The lowest BCUT2D eigenvalue weighted by Gasteiger charge is -2.55. The van der Waals surface area contributed by atoms with Gasteiger partial charge < -0.3 is 10.8 Å². The van der Waals surface area contributed by atoms with Crippen molar-refractivity contribution in [2.45, 2.75) is 122 Å². The van der Waals surface area contributed by atoms with Crippen LogP contribution in [0.1, 0.15) is 119 Å². The van der Waals surface area contributed by atoms with Crippen LogP contribution in [0.4, 0.5) is 5.69 Å². The molecule has 3 nitrogen and oxygen atoms in total. The van der Waals surface area contributed by atoms with Crippen molar-refractivity contribution < 1.29 is 5.11 Å². The van der Waals surface area contributed by atoms with Crippen LogP contribution in [-0.4, -0.2) is 23.1 Å². The lowest BCUT2D eigenvalue weighted by molar-refractivity contribution is 0.0734. The third-order valence-corrected chi connectivity index (χ3v) is 11.0. The second-order valence-corrected chi connectivity index (χ2v) is 13.5. The Hall–Kier alpha value is -2.00. The summed E-state index contributed by atoms with van der Waals surface area (Å²) in [4.78, 5) is 2.68. The van der Waals surface area contributed by atoms with Crippen LogP contribution in [0.5, 0.6) is 5.75 Å². The van der Waals surface area contributed by atoms with Crippen molar-refractivity contribution in [2.24, 2.45) is 11.8 Å². The van der Waals surface area contributed by atoms with E-state index >= 15 is 0 Å². The van der Waals surface area contributed by atoms with Gasteiger partial charge in [0.2, 0.25) is 0 Å². The van der Waals surface area contributed by atoms with Gasteiger partial charge in [0.25, 0.3) is 0 Å². The number of nitrogen functional groups attached to an aromatic ring is 1. The predicted octanol–water partition coefficient (Wildman–Crippen LogP) is 8.43. The largest absolute Gasteiger partial charge is 0.508 e. The molecule has 0 spiro atoms. The van der Waals surface area contributed by atoms with E-state index < -0.39 is 0 Å².